The number of ketones is 1. The highest BCUT2D eigenvalue weighted by atomic mass is 35.5. The molecule has 1 fully saturated rings. The van der Waals surface area contributed by atoms with Crippen LogP contribution in [-0.2, 0) is 9.59 Å². The summed E-state index contributed by atoms with van der Waals surface area (Å²) >= 11 is 6.71. The topological polar surface area (TPSA) is 92.3 Å². The van der Waals surface area contributed by atoms with E-state index in [2.05, 4.69) is 16.9 Å². The number of methoxy groups -OCH3 is 1. The smallest absolute Gasteiger partial charge is 0.335 e. The van der Waals surface area contributed by atoms with Crippen molar-refractivity contribution < 1.29 is 23.8 Å². The van der Waals surface area contributed by atoms with Gasteiger partial charge in [-0.25, -0.2) is 14.2 Å². The number of aliphatic carboxylic acids is 1. The number of carboxylic acids is 1. The molecule has 1 heterocycles. The molecular weight excluding hydrogens is 543 g/mol. The van der Waals surface area contributed by atoms with E-state index in [1.165, 1.54) is 51.3 Å². The van der Waals surface area contributed by atoms with E-state index in [0.29, 0.717) is 75.3 Å². The van der Waals surface area contributed by atoms with E-state index in [0.717, 1.165) is 12.8 Å². The minimum atomic E-state index is -1.11. The molecule has 2 aliphatic carbocycles. The summed E-state index contributed by atoms with van der Waals surface area (Å²) in [5.41, 5.74) is 3.33. The Balaban J connectivity index is 1.51. The third-order valence-electron chi connectivity index (χ3n) is 8.63. The van der Waals surface area contributed by atoms with Crippen LogP contribution < -0.4 is 4.74 Å². The van der Waals surface area contributed by atoms with Crippen molar-refractivity contribution in [3.05, 3.63) is 64.0 Å². The summed E-state index contributed by atoms with van der Waals surface area (Å²) < 4.78 is 19.4. The zero-order valence-corrected chi connectivity index (χ0v) is 24.3. The number of fused-ring (bicyclic) bond motifs is 1. The number of nitrogens with one attached hydrogen (secondary N) is 1. The minimum absolute atomic E-state index is 0.0551. The van der Waals surface area contributed by atoms with Gasteiger partial charge in [-0.1, -0.05) is 75.6 Å². The van der Waals surface area contributed by atoms with Crippen LogP contribution in [-0.4, -0.2) is 33.9 Å². The van der Waals surface area contributed by atoms with Gasteiger partial charge in [-0.05, 0) is 48.0 Å². The number of rotatable bonds is 10. The quantitative estimate of drug-likeness (QED) is 0.251. The molecule has 41 heavy (non-hydrogen) atoms. The molecule has 1 saturated carbocycles. The van der Waals surface area contributed by atoms with Crippen LogP contribution >= 0.6 is 11.6 Å². The third-order valence-corrected chi connectivity index (χ3v) is 8.94. The average molecular weight is 579 g/mol. The van der Waals surface area contributed by atoms with Crippen LogP contribution in [0.4, 0.5) is 4.39 Å². The van der Waals surface area contributed by atoms with E-state index in [1.54, 1.807) is 18.2 Å². The summed E-state index contributed by atoms with van der Waals surface area (Å²) in [6, 6.07) is 8.11. The summed E-state index contributed by atoms with van der Waals surface area (Å²) in [4.78, 5) is 33.8. The Kier molecular flexibility index (Phi) is 8.93. The molecule has 0 amide bonds. The number of allylic oxidation sites excluding steroid dienone is 2. The van der Waals surface area contributed by atoms with Gasteiger partial charge >= 0.3 is 5.97 Å². The number of ether oxygens (including phenoxy) is 1. The van der Waals surface area contributed by atoms with Gasteiger partial charge in [0.25, 0.3) is 0 Å². The van der Waals surface area contributed by atoms with Gasteiger partial charge in [-0.15, -0.1) is 0 Å². The first-order valence-corrected chi connectivity index (χ1v) is 14.9. The van der Waals surface area contributed by atoms with Crippen LogP contribution in [0, 0.1) is 17.7 Å². The Bertz CT molecular complexity index is 1530. The van der Waals surface area contributed by atoms with E-state index in [-0.39, 0.29) is 17.1 Å². The van der Waals surface area contributed by atoms with Crippen molar-refractivity contribution in [2.24, 2.45) is 11.8 Å². The molecule has 5 rings (SSSR count). The molecule has 3 aromatic rings. The van der Waals surface area contributed by atoms with Gasteiger partial charge in [0, 0.05) is 34.7 Å². The van der Waals surface area contributed by atoms with E-state index < -0.39 is 11.8 Å². The molecule has 1 atom stereocenters. The van der Waals surface area contributed by atoms with E-state index >= 15 is 0 Å². The summed E-state index contributed by atoms with van der Waals surface area (Å²) in [5, 5.41) is 10.6. The van der Waals surface area contributed by atoms with Gasteiger partial charge in [0.15, 0.2) is 17.3 Å². The van der Waals surface area contributed by atoms with E-state index in [9.17, 15) is 19.1 Å². The van der Waals surface area contributed by atoms with Crippen molar-refractivity contribution in [2.45, 2.75) is 71.1 Å². The van der Waals surface area contributed by atoms with Gasteiger partial charge in [0.05, 0.1) is 23.7 Å². The first-order valence-electron chi connectivity index (χ1n) is 14.5. The molecule has 2 aromatic carbocycles. The van der Waals surface area contributed by atoms with Crippen LogP contribution in [0.1, 0.15) is 76.7 Å². The number of H-pyrrole nitrogens is 1. The lowest BCUT2D eigenvalue weighted by Crippen LogP contribution is -2.22. The lowest BCUT2D eigenvalue weighted by molar-refractivity contribution is -0.132. The van der Waals surface area contributed by atoms with Crippen molar-refractivity contribution in [1.82, 2.24) is 9.97 Å². The Morgan fingerprint density at radius 1 is 1.20 bits per heavy atom. The fraction of sp³-hybridized carbons (Fsp3) is 0.424. The second-order valence-corrected chi connectivity index (χ2v) is 11.6. The Hall–Kier alpha value is -3.45. The maximum atomic E-state index is 14.3. The summed E-state index contributed by atoms with van der Waals surface area (Å²) in [6.45, 7) is 2.16. The predicted molar refractivity (Wildman–Crippen MR) is 160 cm³/mol. The van der Waals surface area contributed by atoms with Gasteiger partial charge in [-0.2, -0.15) is 0 Å². The Morgan fingerprint density at radius 2 is 1.98 bits per heavy atom. The molecule has 0 radical (unpaired) electrons. The largest absolute Gasteiger partial charge is 0.494 e. The standard InChI is InChI=1S/C33H36ClFN2O4/c1-3-8-20(19-9-5-4-6-10-19)16-29(38)21-13-14-22(24(15-21)33(39)40)31-23(11-7-12-25(31)34)32-36-27-17-26(35)30(41-2)18-28(27)37-32/h7,11-12,15,17-20H,3-6,8-10,13-14,16H2,1-2H3,(H,36,37)(H,39,40). The number of benzene rings is 2. The Morgan fingerprint density at radius 3 is 2.68 bits per heavy atom. The molecule has 2 N–H and O–H groups in total. The van der Waals surface area contributed by atoms with Crippen LogP contribution in [0.15, 0.2) is 47.6 Å². The van der Waals surface area contributed by atoms with Crippen LogP contribution in [0.25, 0.3) is 28.0 Å². The molecule has 2 aliphatic rings. The summed E-state index contributed by atoms with van der Waals surface area (Å²) in [5.74, 6) is -0.134. The van der Waals surface area contributed by atoms with E-state index in [1.807, 2.05) is 6.07 Å². The fourth-order valence-electron chi connectivity index (χ4n) is 6.57. The minimum Gasteiger partial charge on any atom is -0.494 e. The number of carbonyl (C=O) groups excluding carboxylic acids is 1. The van der Waals surface area contributed by atoms with Gasteiger partial charge in [-0.3, -0.25) is 4.79 Å². The SMILES string of the molecule is CCCC(CC(=O)C1=CC(C(=O)O)=C(c2c(Cl)cccc2-c2nc3cc(OC)c(F)cc3[nH]2)CC1)C1CCCCC1. The molecule has 0 bridgehead atoms. The highest BCUT2D eigenvalue weighted by molar-refractivity contribution is 6.33. The summed E-state index contributed by atoms with van der Waals surface area (Å²) in [7, 11) is 1.39. The molecule has 6 nitrogen and oxygen atoms in total. The molecular formula is C33H36ClFN2O4. The maximum absolute atomic E-state index is 14.3. The number of hydrogen-bond acceptors (Lipinski definition) is 4. The van der Waals surface area contributed by atoms with Gasteiger partial charge in [0.1, 0.15) is 5.82 Å². The Labute approximate surface area is 244 Å². The zero-order valence-electron chi connectivity index (χ0n) is 23.6. The predicted octanol–water partition coefficient (Wildman–Crippen LogP) is 8.55. The molecule has 216 valence electrons. The lowest BCUT2D eigenvalue weighted by atomic mass is 9.74. The van der Waals surface area contributed by atoms with E-state index in [4.69, 9.17) is 16.3 Å². The molecule has 0 spiro atoms. The third kappa shape index (κ3) is 6.10. The van der Waals surface area contributed by atoms with Gasteiger partial charge in [0.2, 0.25) is 0 Å². The number of carbonyl (C=O) groups is 2. The molecule has 1 unspecified atom stereocenters. The first-order chi connectivity index (χ1) is 19.8. The van der Waals surface area contributed by atoms with Crippen LogP contribution in [0.2, 0.25) is 5.02 Å². The van der Waals surface area contributed by atoms with Crippen molar-refractivity contribution in [3.8, 4) is 17.1 Å². The number of nitrogens with zero attached hydrogens (tertiary/aromatic N) is 1. The molecule has 0 saturated heterocycles. The number of carboxylic acid groups (broad SMARTS) is 1. The lowest BCUT2D eigenvalue weighted by Gasteiger charge is -2.30. The number of Topliss-reactive ketones (excluding diaryl/α,β-unsaturated/α-hetero) is 1. The molecule has 1 aromatic heterocycles. The van der Waals surface area contributed by atoms with Gasteiger partial charge < -0.3 is 14.8 Å². The second-order valence-electron chi connectivity index (χ2n) is 11.2. The number of aromatic nitrogens is 2. The zero-order chi connectivity index (χ0) is 29.1. The highest BCUT2D eigenvalue weighted by Crippen LogP contribution is 2.42. The normalized spacial score (nSPS) is 17.0. The average Bonchev–Trinajstić information content (AvgIpc) is 3.39. The second kappa shape index (κ2) is 12.6. The van der Waals surface area contributed by atoms with Crippen LogP contribution in [0.3, 0.4) is 0 Å². The van der Waals surface area contributed by atoms with Crippen molar-refractivity contribution in [1.29, 1.82) is 0 Å². The highest BCUT2D eigenvalue weighted by Gasteiger charge is 2.30. The molecule has 8 heteroatoms. The van der Waals surface area contributed by atoms with Crippen LogP contribution in [0.5, 0.6) is 5.75 Å². The fourth-order valence-corrected chi connectivity index (χ4v) is 6.86. The van der Waals surface area contributed by atoms with Crippen molar-refractivity contribution in [2.75, 3.05) is 7.11 Å². The molecule has 0 aliphatic heterocycles. The van der Waals surface area contributed by atoms with Crippen molar-refractivity contribution >= 4 is 40.0 Å². The first kappa shape index (κ1) is 29.1. The number of imidazole rings is 1. The number of halogens is 2. The number of aromatic amines is 1. The number of hydrogen-bond donors (Lipinski definition) is 2. The summed E-state index contributed by atoms with van der Waals surface area (Å²) in [6.07, 6.45) is 11.0. The van der Waals surface area contributed by atoms with Crippen molar-refractivity contribution in [3.63, 3.8) is 0 Å². The maximum Gasteiger partial charge on any atom is 0.335 e. The monoisotopic (exact) mass is 578 g/mol.